The fourth-order valence-corrected chi connectivity index (χ4v) is 5.12. The molecular weight excluding hydrogens is 425 g/mol. The zero-order chi connectivity index (χ0) is 21.3. The number of esters is 1. The first-order chi connectivity index (χ1) is 13.6. The summed E-state index contributed by atoms with van der Waals surface area (Å²) in [5.74, 6) is -1.84. The van der Waals surface area contributed by atoms with Crippen molar-refractivity contribution in [3.05, 3.63) is 47.0 Å². The molecule has 29 heavy (non-hydrogen) atoms. The van der Waals surface area contributed by atoms with Gasteiger partial charge in [0, 0.05) is 25.5 Å². The Morgan fingerprint density at radius 3 is 2.69 bits per heavy atom. The fourth-order valence-electron chi connectivity index (χ4n) is 3.21. The molecule has 2 aromatic rings. The van der Waals surface area contributed by atoms with Gasteiger partial charge in [-0.05, 0) is 37.1 Å². The van der Waals surface area contributed by atoms with E-state index in [1.165, 1.54) is 43.1 Å². The number of aryl methyl sites for hydroxylation is 1. The smallest absolute Gasteiger partial charge is 0.354 e. The summed E-state index contributed by atoms with van der Waals surface area (Å²) in [5.41, 5.74) is 0.338. The van der Waals surface area contributed by atoms with Crippen molar-refractivity contribution in [2.45, 2.75) is 23.8 Å². The van der Waals surface area contributed by atoms with Crippen LogP contribution in [0, 0.1) is 5.82 Å². The van der Waals surface area contributed by atoms with Crippen molar-refractivity contribution < 1.29 is 27.1 Å². The Labute approximate surface area is 172 Å². The fraction of sp³-hybridized carbons (Fsp3) is 0.333. The maximum atomic E-state index is 13.3. The summed E-state index contributed by atoms with van der Waals surface area (Å²) in [7, 11) is -1.30. The molecule has 8 nitrogen and oxygen atoms in total. The van der Waals surface area contributed by atoms with Gasteiger partial charge in [0.25, 0.3) is 0 Å². The standard InChI is InChI=1S/C18H19ClFN3O5S/c1-22-10-12(9-16(22)18(25)28-2)29(26,27)23-7-3-4-15(23)17(24)21-11-5-6-14(20)13(19)8-11/h5-6,8-10,15H,3-4,7H2,1-2H3,(H,21,24)/t15-/m0/s1. The van der Waals surface area contributed by atoms with Crippen LogP contribution in [-0.2, 0) is 26.6 Å². The van der Waals surface area contributed by atoms with Gasteiger partial charge in [0.15, 0.2) is 0 Å². The van der Waals surface area contributed by atoms with Crippen molar-refractivity contribution in [2.24, 2.45) is 7.05 Å². The van der Waals surface area contributed by atoms with E-state index in [-0.39, 0.29) is 27.8 Å². The van der Waals surface area contributed by atoms with Gasteiger partial charge < -0.3 is 14.6 Å². The minimum atomic E-state index is -4.03. The van der Waals surface area contributed by atoms with E-state index in [9.17, 15) is 22.4 Å². The summed E-state index contributed by atoms with van der Waals surface area (Å²) in [6.45, 7) is 0.160. The number of methoxy groups -OCH3 is 1. The molecule has 0 bridgehead atoms. The second-order valence-electron chi connectivity index (χ2n) is 6.56. The summed E-state index contributed by atoms with van der Waals surface area (Å²) in [5, 5.41) is 2.42. The van der Waals surface area contributed by atoms with E-state index in [1.54, 1.807) is 0 Å². The van der Waals surface area contributed by atoms with Crippen LogP contribution in [0.2, 0.25) is 5.02 Å². The van der Waals surface area contributed by atoms with Gasteiger partial charge in [0.1, 0.15) is 22.4 Å². The minimum Gasteiger partial charge on any atom is -0.464 e. The molecule has 11 heteroatoms. The normalized spacial score (nSPS) is 17.3. The summed E-state index contributed by atoms with van der Waals surface area (Å²) in [6, 6.07) is 3.98. The second-order valence-corrected chi connectivity index (χ2v) is 8.85. The molecule has 1 aliphatic heterocycles. The molecule has 3 rings (SSSR count). The third kappa shape index (κ3) is 4.14. The monoisotopic (exact) mass is 443 g/mol. The van der Waals surface area contributed by atoms with Crippen LogP contribution in [0.1, 0.15) is 23.3 Å². The number of ether oxygens (including phenoxy) is 1. The van der Waals surface area contributed by atoms with Gasteiger partial charge in [0.2, 0.25) is 15.9 Å². The Hall–Kier alpha value is -2.43. The molecule has 1 aromatic carbocycles. The van der Waals surface area contributed by atoms with E-state index in [2.05, 4.69) is 10.1 Å². The average Bonchev–Trinajstić information content (AvgIpc) is 3.32. The maximum absolute atomic E-state index is 13.3. The number of carbonyl (C=O) groups excluding carboxylic acids is 2. The van der Waals surface area contributed by atoms with E-state index in [0.717, 1.165) is 10.4 Å². The lowest BCUT2D eigenvalue weighted by molar-refractivity contribution is -0.119. The van der Waals surface area contributed by atoms with Crippen molar-refractivity contribution in [2.75, 3.05) is 19.0 Å². The molecule has 2 heterocycles. The first-order valence-corrected chi connectivity index (χ1v) is 10.5. The number of hydrogen-bond donors (Lipinski definition) is 1. The predicted octanol–water partition coefficient (Wildman–Crippen LogP) is 2.40. The van der Waals surface area contributed by atoms with Gasteiger partial charge in [-0.1, -0.05) is 11.6 Å². The van der Waals surface area contributed by atoms with Crippen molar-refractivity contribution in [3.8, 4) is 0 Å². The van der Waals surface area contributed by atoms with Crippen LogP contribution in [0.3, 0.4) is 0 Å². The highest BCUT2D eigenvalue weighted by molar-refractivity contribution is 7.89. The Kier molecular flexibility index (Phi) is 5.97. The van der Waals surface area contributed by atoms with Crippen LogP contribution in [-0.4, -0.2) is 48.9 Å². The zero-order valence-corrected chi connectivity index (χ0v) is 17.3. The van der Waals surface area contributed by atoms with Crippen molar-refractivity contribution >= 4 is 39.2 Å². The highest BCUT2D eigenvalue weighted by Gasteiger charge is 2.40. The molecule has 1 amide bonds. The molecule has 1 saturated heterocycles. The Balaban J connectivity index is 1.84. The largest absolute Gasteiger partial charge is 0.464 e. The van der Waals surface area contributed by atoms with Crippen LogP contribution in [0.5, 0.6) is 0 Å². The number of benzene rings is 1. The summed E-state index contributed by atoms with van der Waals surface area (Å²) < 4.78 is 46.6. The summed E-state index contributed by atoms with van der Waals surface area (Å²) >= 11 is 5.72. The molecule has 0 spiro atoms. The lowest BCUT2D eigenvalue weighted by atomic mass is 10.2. The van der Waals surface area contributed by atoms with Gasteiger partial charge in [-0.3, -0.25) is 4.79 Å². The quantitative estimate of drug-likeness (QED) is 0.715. The van der Waals surface area contributed by atoms with Crippen molar-refractivity contribution in [1.29, 1.82) is 0 Å². The first-order valence-electron chi connectivity index (χ1n) is 8.67. The van der Waals surface area contributed by atoms with Gasteiger partial charge in [-0.2, -0.15) is 4.31 Å². The third-order valence-electron chi connectivity index (χ3n) is 4.67. The Morgan fingerprint density at radius 1 is 1.31 bits per heavy atom. The highest BCUT2D eigenvalue weighted by Crippen LogP contribution is 2.28. The first kappa shape index (κ1) is 21.3. The van der Waals surface area contributed by atoms with E-state index in [0.29, 0.717) is 12.8 Å². The van der Waals surface area contributed by atoms with Crippen molar-refractivity contribution in [1.82, 2.24) is 8.87 Å². The van der Waals surface area contributed by atoms with Crippen LogP contribution in [0.15, 0.2) is 35.4 Å². The van der Waals surface area contributed by atoms with Crippen LogP contribution in [0.4, 0.5) is 10.1 Å². The SMILES string of the molecule is COC(=O)c1cc(S(=O)(=O)N2CCC[C@H]2C(=O)Nc2ccc(F)c(Cl)c2)cn1C. The predicted molar refractivity (Wildman–Crippen MR) is 104 cm³/mol. The van der Waals surface area contributed by atoms with Gasteiger partial charge in [0.05, 0.1) is 12.1 Å². The van der Waals surface area contributed by atoms with E-state index < -0.39 is 33.8 Å². The molecule has 0 radical (unpaired) electrons. The molecule has 1 N–H and O–H groups in total. The van der Waals surface area contributed by atoms with Gasteiger partial charge in [-0.15, -0.1) is 0 Å². The van der Waals surface area contributed by atoms with Crippen LogP contribution < -0.4 is 5.32 Å². The summed E-state index contributed by atoms with van der Waals surface area (Å²) in [6.07, 6.45) is 2.13. The number of anilines is 1. The number of aromatic nitrogens is 1. The number of nitrogens with zero attached hydrogens (tertiary/aromatic N) is 2. The average molecular weight is 444 g/mol. The van der Waals surface area contributed by atoms with E-state index in [1.807, 2.05) is 0 Å². The number of nitrogens with one attached hydrogen (secondary N) is 1. The number of sulfonamides is 1. The highest BCUT2D eigenvalue weighted by atomic mass is 35.5. The van der Waals surface area contributed by atoms with Gasteiger partial charge in [-0.25, -0.2) is 17.6 Å². The second kappa shape index (κ2) is 8.13. The Bertz CT molecular complexity index is 1070. The third-order valence-corrected chi connectivity index (χ3v) is 6.84. The summed E-state index contributed by atoms with van der Waals surface area (Å²) in [4.78, 5) is 24.4. The Morgan fingerprint density at radius 2 is 2.03 bits per heavy atom. The minimum absolute atomic E-state index is 0.0761. The molecule has 156 valence electrons. The molecular formula is C18H19ClFN3O5S. The maximum Gasteiger partial charge on any atom is 0.354 e. The number of carbonyl (C=O) groups is 2. The zero-order valence-electron chi connectivity index (χ0n) is 15.7. The number of halogens is 2. The van der Waals surface area contributed by atoms with E-state index >= 15 is 0 Å². The van der Waals surface area contributed by atoms with Gasteiger partial charge >= 0.3 is 5.97 Å². The lowest BCUT2D eigenvalue weighted by Gasteiger charge is -2.23. The molecule has 0 saturated carbocycles. The topological polar surface area (TPSA) is 97.7 Å². The molecule has 0 unspecified atom stereocenters. The van der Waals surface area contributed by atoms with Crippen LogP contribution >= 0.6 is 11.6 Å². The van der Waals surface area contributed by atoms with E-state index in [4.69, 9.17) is 11.6 Å². The van der Waals surface area contributed by atoms with Crippen LogP contribution in [0.25, 0.3) is 0 Å². The molecule has 1 aromatic heterocycles. The molecule has 1 atom stereocenters. The number of amides is 1. The molecule has 1 aliphatic rings. The number of rotatable bonds is 5. The molecule has 1 fully saturated rings. The van der Waals surface area contributed by atoms with Crippen molar-refractivity contribution in [3.63, 3.8) is 0 Å². The number of hydrogen-bond acceptors (Lipinski definition) is 5. The lowest BCUT2D eigenvalue weighted by Crippen LogP contribution is -2.43. The molecule has 0 aliphatic carbocycles.